The van der Waals surface area contributed by atoms with E-state index in [1.54, 1.807) is 12.1 Å². The molecule has 0 fully saturated rings. The van der Waals surface area contributed by atoms with Gasteiger partial charge in [0.2, 0.25) is 0 Å². The summed E-state index contributed by atoms with van der Waals surface area (Å²) in [7, 11) is 0. The van der Waals surface area contributed by atoms with Crippen LogP contribution >= 0.6 is 0 Å². The third-order valence-electron chi connectivity index (χ3n) is 7.57. The SMILES string of the molecule is CCCCCc1ccc(-c2ccc(C(F)(F)Oc3ccc(-c4ccc(-c5ccc(OC(F)(F)F)c(F)c5)c(F)c4)c(F)c3)c(F)c2)cc1. The second kappa shape index (κ2) is 14.0. The van der Waals surface area contributed by atoms with Crippen LogP contribution in [-0.2, 0) is 12.5 Å². The summed E-state index contributed by atoms with van der Waals surface area (Å²) in [6.45, 7) is 2.11. The van der Waals surface area contributed by atoms with E-state index in [0.29, 0.717) is 29.3 Å². The zero-order valence-electron chi connectivity index (χ0n) is 25.3. The molecule has 0 saturated carbocycles. The molecule has 0 aromatic heterocycles. The highest BCUT2D eigenvalue weighted by Crippen LogP contribution is 2.38. The van der Waals surface area contributed by atoms with Gasteiger partial charge in [0, 0.05) is 17.2 Å². The van der Waals surface area contributed by atoms with Crippen LogP contribution in [0.25, 0.3) is 33.4 Å². The summed E-state index contributed by atoms with van der Waals surface area (Å²) in [6.07, 6.45) is -5.15. The van der Waals surface area contributed by atoms with Crippen molar-refractivity contribution < 1.29 is 49.0 Å². The number of halogens is 9. The average Bonchev–Trinajstić information content (AvgIpc) is 3.01. The maximum Gasteiger partial charge on any atom is 0.573 e. The van der Waals surface area contributed by atoms with E-state index >= 15 is 13.2 Å². The minimum absolute atomic E-state index is 0.0276. The third kappa shape index (κ3) is 8.13. The molecule has 0 spiro atoms. The molecule has 0 aliphatic heterocycles. The summed E-state index contributed by atoms with van der Waals surface area (Å²) < 4.78 is 135. The van der Waals surface area contributed by atoms with Crippen LogP contribution in [0.1, 0.15) is 37.3 Å². The van der Waals surface area contributed by atoms with Gasteiger partial charge in [-0.2, -0.15) is 8.78 Å². The predicted molar refractivity (Wildman–Crippen MR) is 163 cm³/mol. The molecule has 5 aromatic carbocycles. The van der Waals surface area contributed by atoms with E-state index in [0.717, 1.165) is 73.7 Å². The Morgan fingerprint density at radius 2 is 1.08 bits per heavy atom. The Kier molecular flexibility index (Phi) is 10.1. The number of rotatable bonds is 11. The fraction of sp³-hybridized carbons (Fsp3) is 0.189. The lowest BCUT2D eigenvalue weighted by molar-refractivity contribution is -0.275. The molecule has 0 saturated heterocycles. The third-order valence-corrected chi connectivity index (χ3v) is 7.57. The number of unbranched alkanes of at least 4 members (excludes halogenated alkanes) is 2. The number of ether oxygens (including phenoxy) is 2. The second-order valence-electron chi connectivity index (χ2n) is 11.0. The fourth-order valence-corrected chi connectivity index (χ4v) is 5.16. The van der Waals surface area contributed by atoms with Crippen molar-refractivity contribution in [3.05, 3.63) is 131 Å². The van der Waals surface area contributed by atoms with Gasteiger partial charge in [-0.25, -0.2) is 17.6 Å². The van der Waals surface area contributed by atoms with Gasteiger partial charge in [-0.15, -0.1) is 13.2 Å². The zero-order chi connectivity index (χ0) is 34.6. The van der Waals surface area contributed by atoms with Crippen LogP contribution in [-0.4, -0.2) is 6.36 Å². The van der Waals surface area contributed by atoms with Gasteiger partial charge < -0.3 is 9.47 Å². The quantitative estimate of drug-likeness (QED) is 0.103. The van der Waals surface area contributed by atoms with E-state index in [4.69, 9.17) is 4.74 Å². The minimum atomic E-state index is -5.13. The molecule has 0 amide bonds. The van der Waals surface area contributed by atoms with Crippen LogP contribution in [0.15, 0.2) is 97.1 Å². The molecule has 48 heavy (non-hydrogen) atoms. The number of alkyl halides is 5. The average molecular weight is 675 g/mol. The van der Waals surface area contributed by atoms with Crippen molar-refractivity contribution in [2.24, 2.45) is 0 Å². The molecular formula is C37H27F9O2. The van der Waals surface area contributed by atoms with E-state index in [9.17, 15) is 26.3 Å². The number of benzene rings is 5. The van der Waals surface area contributed by atoms with Crippen LogP contribution in [0.5, 0.6) is 11.5 Å². The van der Waals surface area contributed by atoms with Crippen molar-refractivity contribution in [2.75, 3.05) is 0 Å². The van der Waals surface area contributed by atoms with Gasteiger partial charge in [-0.1, -0.05) is 68.3 Å². The van der Waals surface area contributed by atoms with E-state index in [2.05, 4.69) is 11.7 Å². The molecule has 0 atom stereocenters. The summed E-state index contributed by atoms with van der Waals surface area (Å²) in [5, 5.41) is 0. The van der Waals surface area contributed by atoms with Gasteiger partial charge in [0.15, 0.2) is 11.6 Å². The number of aryl methyl sites for hydroxylation is 1. The Hall–Kier alpha value is -4.93. The predicted octanol–water partition coefficient (Wildman–Crippen LogP) is 12.0. The molecule has 0 bridgehead atoms. The summed E-state index contributed by atoms with van der Waals surface area (Å²) in [4.78, 5) is 0. The van der Waals surface area contributed by atoms with Crippen molar-refractivity contribution in [2.45, 2.75) is 45.1 Å². The summed E-state index contributed by atoms with van der Waals surface area (Å²) >= 11 is 0. The van der Waals surface area contributed by atoms with Crippen molar-refractivity contribution >= 4 is 0 Å². The first kappa shape index (κ1) is 34.4. The highest BCUT2D eigenvalue weighted by Gasteiger charge is 2.38. The van der Waals surface area contributed by atoms with E-state index in [-0.39, 0.29) is 22.3 Å². The molecule has 0 aliphatic rings. The first-order valence-corrected chi connectivity index (χ1v) is 14.9. The van der Waals surface area contributed by atoms with Crippen molar-refractivity contribution in [1.82, 2.24) is 0 Å². The number of hydrogen-bond acceptors (Lipinski definition) is 2. The normalized spacial score (nSPS) is 11.9. The molecular weight excluding hydrogens is 647 g/mol. The highest BCUT2D eigenvalue weighted by molar-refractivity contribution is 5.72. The molecule has 0 aliphatic carbocycles. The van der Waals surface area contributed by atoms with Crippen molar-refractivity contribution in [3.63, 3.8) is 0 Å². The minimum Gasteiger partial charge on any atom is -0.429 e. The van der Waals surface area contributed by atoms with Gasteiger partial charge in [0.1, 0.15) is 23.2 Å². The lowest BCUT2D eigenvalue weighted by Gasteiger charge is -2.20. The standard InChI is InChI=1S/C37H27F9O2/c1-2-3-4-5-22-6-8-23(9-7-22)24-11-16-30(33(40)18-24)36(42,43)47-27-13-15-29(32(39)21-27)25-10-14-28(31(38)19-25)26-12-17-35(34(41)20-26)48-37(44,45)46/h6-21H,2-5H2,1H3. The maximum atomic E-state index is 15.1. The van der Waals surface area contributed by atoms with E-state index in [1.165, 1.54) is 12.1 Å². The molecule has 0 unspecified atom stereocenters. The monoisotopic (exact) mass is 674 g/mol. The Morgan fingerprint density at radius 1 is 0.521 bits per heavy atom. The van der Waals surface area contributed by atoms with Crippen LogP contribution in [0.4, 0.5) is 39.5 Å². The summed E-state index contributed by atoms with van der Waals surface area (Å²) in [6, 6.07) is 19.0. The van der Waals surface area contributed by atoms with Gasteiger partial charge in [-0.05, 0) is 83.1 Å². The molecule has 5 rings (SSSR count). The molecule has 250 valence electrons. The lowest BCUT2D eigenvalue weighted by atomic mass is 9.99. The Bertz CT molecular complexity index is 1900. The van der Waals surface area contributed by atoms with E-state index < -0.39 is 52.8 Å². The molecule has 0 heterocycles. The molecule has 0 radical (unpaired) electrons. The lowest BCUT2D eigenvalue weighted by Crippen LogP contribution is -2.23. The number of hydrogen-bond donors (Lipinski definition) is 0. The zero-order valence-corrected chi connectivity index (χ0v) is 25.3. The van der Waals surface area contributed by atoms with Gasteiger partial charge in [0.25, 0.3) is 0 Å². The van der Waals surface area contributed by atoms with E-state index in [1.807, 2.05) is 12.1 Å². The maximum absolute atomic E-state index is 15.1. The molecule has 11 heteroatoms. The largest absolute Gasteiger partial charge is 0.573 e. The van der Waals surface area contributed by atoms with Crippen LogP contribution in [0.2, 0.25) is 0 Å². The molecule has 0 N–H and O–H groups in total. The van der Waals surface area contributed by atoms with Gasteiger partial charge in [0.05, 0.1) is 5.56 Å². The fourth-order valence-electron chi connectivity index (χ4n) is 5.16. The Morgan fingerprint density at radius 3 is 1.67 bits per heavy atom. The molecule has 5 aromatic rings. The Balaban J connectivity index is 1.30. The smallest absolute Gasteiger partial charge is 0.429 e. The van der Waals surface area contributed by atoms with Crippen molar-refractivity contribution in [1.29, 1.82) is 0 Å². The summed E-state index contributed by atoms with van der Waals surface area (Å²) in [5.41, 5.74) is 0.540. The Labute approximate surface area is 270 Å². The van der Waals surface area contributed by atoms with Gasteiger partial charge >= 0.3 is 12.5 Å². The van der Waals surface area contributed by atoms with Crippen LogP contribution < -0.4 is 9.47 Å². The second-order valence-corrected chi connectivity index (χ2v) is 11.0. The first-order chi connectivity index (χ1) is 22.7. The van der Waals surface area contributed by atoms with Crippen LogP contribution in [0.3, 0.4) is 0 Å². The van der Waals surface area contributed by atoms with Gasteiger partial charge in [-0.3, -0.25) is 0 Å². The molecule has 2 nitrogen and oxygen atoms in total. The summed E-state index contributed by atoms with van der Waals surface area (Å²) in [5.74, 6) is -6.37. The highest BCUT2D eigenvalue weighted by atomic mass is 19.4. The van der Waals surface area contributed by atoms with Crippen molar-refractivity contribution in [3.8, 4) is 44.9 Å². The first-order valence-electron chi connectivity index (χ1n) is 14.9. The topological polar surface area (TPSA) is 18.5 Å². The van der Waals surface area contributed by atoms with Crippen LogP contribution in [0, 0.1) is 23.3 Å².